The van der Waals surface area contributed by atoms with Crippen molar-refractivity contribution in [1.82, 2.24) is 14.9 Å². The van der Waals surface area contributed by atoms with E-state index >= 15 is 0 Å². The number of rotatable bonds is 6. The largest absolute Gasteiger partial charge is 0.481 e. The summed E-state index contributed by atoms with van der Waals surface area (Å²) in [6.45, 7) is 6.16. The molecule has 26 heavy (non-hydrogen) atoms. The molecule has 134 valence electrons. The summed E-state index contributed by atoms with van der Waals surface area (Å²) in [7, 11) is 0. The summed E-state index contributed by atoms with van der Waals surface area (Å²) in [6, 6.07) is 13.9. The molecule has 3 rings (SSSR count). The third kappa shape index (κ3) is 4.11. The van der Waals surface area contributed by atoms with Gasteiger partial charge in [-0.2, -0.15) is 0 Å². The monoisotopic (exact) mass is 349 g/mol. The molecule has 0 bridgehead atoms. The second-order valence-corrected chi connectivity index (χ2v) is 6.35. The summed E-state index contributed by atoms with van der Waals surface area (Å²) in [5.74, 6) is 0.595. The SMILES string of the molecule is Cc1ccc(C)c(OC(C)C(=O)NCc2ccccc2-n2ccnc2)c1. The lowest BCUT2D eigenvalue weighted by Gasteiger charge is -2.17. The minimum absolute atomic E-state index is 0.147. The van der Waals surface area contributed by atoms with Crippen LogP contribution in [0.5, 0.6) is 5.75 Å². The third-order valence-corrected chi connectivity index (χ3v) is 4.24. The first-order chi connectivity index (χ1) is 12.5. The van der Waals surface area contributed by atoms with Crippen molar-refractivity contribution in [3.8, 4) is 11.4 Å². The van der Waals surface area contributed by atoms with Gasteiger partial charge in [-0.1, -0.05) is 30.3 Å². The number of nitrogens with one attached hydrogen (secondary N) is 1. The lowest BCUT2D eigenvalue weighted by Crippen LogP contribution is -2.36. The molecule has 0 fully saturated rings. The number of benzene rings is 2. The van der Waals surface area contributed by atoms with Gasteiger partial charge in [-0.25, -0.2) is 4.98 Å². The molecule has 0 saturated heterocycles. The highest BCUT2D eigenvalue weighted by atomic mass is 16.5. The number of nitrogens with zero attached hydrogens (tertiary/aromatic N) is 2. The standard InChI is InChI=1S/C21H23N3O2/c1-15-8-9-16(2)20(12-15)26-17(3)21(25)23-13-18-6-4-5-7-19(18)24-11-10-22-14-24/h4-12,14,17H,13H2,1-3H3,(H,23,25). The number of carbonyl (C=O) groups excluding carboxylic acids is 1. The van der Waals surface area contributed by atoms with Crippen molar-refractivity contribution in [2.45, 2.75) is 33.4 Å². The first-order valence-corrected chi connectivity index (χ1v) is 8.62. The number of imidazole rings is 1. The van der Waals surface area contributed by atoms with E-state index in [9.17, 15) is 4.79 Å². The zero-order chi connectivity index (χ0) is 18.5. The maximum atomic E-state index is 12.5. The molecular formula is C21H23N3O2. The summed E-state index contributed by atoms with van der Waals surface area (Å²) in [6.07, 6.45) is 4.78. The summed E-state index contributed by atoms with van der Waals surface area (Å²) < 4.78 is 7.78. The second-order valence-electron chi connectivity index (χ2n) is 6.35. The number of carbonyl (C=O) groups is 1. The molecule has 1 heterocycles. The van der Waals surface area contributed by atoms with Crippen molar-refractivity contribution in [3.05, 3.63) is 77.9 Å². The maximum absolute atomic E-state index is 12.5. The smallest absolute Gasteiger partial charge is 0.261 e. The molecule has 1 atom stereocenters. The van der Waals surface area contributed by atoms with Gasteiger partial charge >= 0.3 is 0 Å². The third-order valence-electron chi connectivity index (χ3n) is 4.24. The van der Waals surface area contributed by atoms with Crippen LogP contribution in [0.1, 0.15) is 23.6 Å². The van der Waals surface area contributed by atoms with E-state index in [2.05, 4.69) is 10.3 Å². The van der Waals surface area contributed by atoms with Gasteiger partial charge in [-0.15, -0.1) is 0 Å². The number of amides is 1. The number of hydrogen-bond donors (Lipinski definition) is 1. The maximum Gasteiger partial charge on any atom is 0.261 e. The molecule has 1 unspecified atom stereocenters. The molecule has 1 N–H and O–H groups in total. The van der Waals surface area contributed by atoms with Crippen LogP contribution in [-0.2, 0) is 11.3 Å². The Bertz CT molecular complexity index is 888. The molecule has 5 nitrogen and oxygen atoms in total. The fraction of sp³-hybridized carbons (Fsp3) is 0.238. The molecule has 0 aliphatic rings. The van der Waals surface area contributed by atoms with Crippen molar-refractivity contribution in [3.63, 3.8) is 0 Å². The summed E-state index contributed by atoms with van der Waals surface area (Å²) in [5, 5.41) is 2.96. The average Bonchev–Trinajstić information content (AvgIpc) is 3.17. The van der Waals surface area contributed by atoms with Crippen LogP contribution in [0.4, 0.5) is 0 Å². The summed E-state index contributed by atoms with van der Waals surface area (Å²) >= 11 is 0. The Labute approximate surface area is 153 Å². The van der Waals surface area contributed by atoms with Gasteiger partial charge in [-0.3, -0.25) is 4.79 Å². The number of hydrogen-bond acceptors (Lipinski definition) is 3. The highest BCUT2D eigenvalue weighted by Gasteiger charge is 2.16. The van der Waals surface area contributed by atoms with Crippen molar-refractivity contribution in [2.24, 2.45) is 0 Å². The van der Waals surface area contributed by atoms with E-state index in [1.54, 1.807) is 19.4 Å². The van der Waals surface area contributed by atoms with Gasteiger partial charge in [0.05, 0.1) is 12.0 Å². The molecule has 0 aliphatic carbocycles. The number of aromatic nitrogens is 2. The molecule has 3 aromatic rings. The van der Waals surface area contributed by atoms with E-state index in [0.29, 0.717) is 6.54 Å². The minimum Gasteiger partial charge on any atom is -0.481 e. The van der Waals surface area contributed by atoms with Crippen LogP contribution in [0.2, 0.25) is 0 Å². The molecule has 5 heteroatoms. The molecule has 1 aromatic heterocycles. The van der Waals surface area contributed by atoms with Gasteiger partial charge in [0, 0.05) is 18.9 Å². The van der Waals surface area contributed by atoms with Crippen LogP contribution < -0.4 is 10.1 Å². The molecule has 0 aliphatic heterocycles. The van der Waals surface area contributed by atoms with Crippen molar-refractivity contribution in [2.75, 3.05) is 0 Å². The van der Waals surface area contributed by atoms with Crippen LogP contribution in [0.3, 0.4) is 0 Å². The zero-order valence-corrected chi connectivity index (χ0v) is 15.3. The highest BCUT2D eigenvalue weighted by Crippen LogP contribution is 2.20. The Morgan fingerprint density at radius 2 is 2.04 bits per heavy atom. The van der Waals surface area contributed by atoms with E-state index in [-0.39, 0.29) is 5.91 Å². The molecule has 2 aromatic carbocycles. The Morgan fingerprint density at radius 3 is 2.81 bits per heavy atom. The summed E-state index contributed by atoms with van der Waals surface area (Å²) in [4.78, 5) is 16.5. The van der Waals surface area contributed by atoms with Crippen LogP contribution in [0, 0.1) is 13.8 Å². The van der Waals surface area contributed by atoms with Gasteiger partial charge in [0.2, 0.25) is 0 Å². The predicted molar refractivity (Wildman–Crippen MR) is 101 cm³/mol. The second kappa shape index (κ2) is 7.87. The lowest BCUT2D eigenvalue weighted by molar-refractivity contribution is -0.127. The van der Waals surface area contributed by atoms with Gasteiger partial charge in [0.15, 0.2) is 6.10 Å². The van der Waals surface area contributed by atoms with Crippen LogP contribution in [0.15, 0.2) is 61.2 Å². The van der Waals surface area contributed by atoms with E-state index in [4.69, 9.17) is 4.74 Å². The lowest BCUT2D eigenvalue weighted by atomic mass is 10.1. The Kier molecular flexibility index (Phi) is 5.37. The molecule has 1 amide bonds. The van der Waals surface area contributed by atoms with Gasteiger partial charge in [-0.05, 0) is 49.6 Å². The first-order valence-electron chi connectivity index (χ1n) is 8.62. The number of para-hydroxylation sites is 1. The fourth-order valence-electron chi connectivity index (χ4n) is 2.72. The molecule has 0 spiro atoms. The van der Waals surface area contributed by atoms with E-state index < -0.39 is 6.10 Å². The quantitative estimate of drug-likeness (QED) is 0.740. The van der Waals surface area contributed by atoms with Crippen molar-refractivity contribution < 1.29 is 9.53 Å². The van der Waals surface area contributed by atoms with Crippen LogP contribution >= 0.6 is 0 Å². The highest BCUT2D eigenvalue weighted by molar-refractivity contribution is 5.80. The van der Waals surface area contributed by atoms with Gasteiger partial charge in [0.25, 0.3) is 5.91 Å². The Balaban J connectivity index is 1.65. The number of ether oxygens (including phenoxy) is 1. The fourth-order valence-corrected chi connectivity index (χ4v) is 2.72. The minimum atomic E-state index is -0.573. The normalized spacial score (nSPS) is 11.8. The van der Waals surface area contributed by atoms with Crippen molar-refractivity contribution >= 4 is 5.91 Å². The Morgan fingerprint density at radius 1 is 1.23 bits per heavy atom. The first kappa shape index (κ1) is 17.7. The topological polar surface area (TPSA) is 56.1 Å². The van der Waals surface area contributed by atoms with Gasteiger partial charge in [0.1, 0.15) is 5.75 Å². The molecular weight excluding hydrogens is 326 g/mol. The number of aryl methyl sites for hydroxylation is 2. The predicted octanol–water partition coefficient (Wildman–Crippen LogP) is 3.57. The van der Waals surface area contributed by atoms with Gasteiger partial charge < -0.3 is 14.6 Å². The van der Waals surface area contributed by atoms with Crippen LogP contribution in [-0.4, -0.2) is 21.6 Å². The molecule has 0 radical (unpaired) electrons. The zero-order valence-electron chi connectivity index (χ0n) is 15.3. The summed E-state index contributed by atoms with van der Waals surface area (Å²) in [5.41, 5.74) is 4.12. The average molecular weight is 349 g/mol. The van der Waals surface area contributed by atoms with E-state index in [1.807, 2.05) is 67.1 Å². The molecule has 0 saturated carbocycles. The Hall–Kier alpha value is -3.08. The van der Waals surface area contributed by atoms with E-state index in [1.165, 1.54) is 0 Å². The van der Waals surface area contributed by atoms with Crippen molar-refractivity contribution in [1.29, 1.82) is 0 Å². The van der Waals surface area contributed by atoms with E-state index in [0.717, 1.165) is 28.1 Å². The van der Waals surface area contributed by atoms with Crippen LogP contribution in [0.25, 0.3) is 5.69 Å².